The third-order valence-corrected chi connectivity index (χ3v) is 7.44. The molecule has 0 aromatic heterocycles. The maximum absolute atomic E-state index is 12.6. The lowest BCUT2D eigenvalue weighted by Gasteiger charge is -2.16. The Morgan fingerprint density at radius 1 is 1.10 bits per heavy atom. The zero-order valence-corrected chi connectivity index (χ0v) is 17.2. The van der Waals surface area contributed by atoms with Gasteiger partial charge in [-0.1, -0.05) is 13.0 Å². The summed E-state index contributed by atoms with van der Waals surface area (Å²) in [6.07, 6.45) is 0. The number of benzene rings is 2. The van der Waals surface area contributed by atoms with Crippen LogP contribution in [0.4, 0.5) is 17.1 Å². The van der Waals surface area contributed by atoms with E-state index in [0.29, 0.717) is 9.99 Å². The number of nitrogens with zero attached hydrogens (tertiary/aromatic N) is 1. The Morgan fingerprint density at radius 3 is 2.28 bits per heavy atom. The quantitative estimate of drug-likeness (QED) is 0.733. The number of rotatable bonds is 5. The molecule has 3 rings (SSSR count). The molecule has 29 heavy (non-hydrogen) atoms. The lowest BCUT2D eigenvalue weighted by molar-refractivity contribution is -0.119. The monoisotopic (exact) mass is 437 g/mol. The maximum atomic E-state index is 12.6. The van der Waals surface area contributed by atoms with Crippen molar-refractivity contribution in [3.8, 4) is 0 Å². The molecule has 0 radical (unpaired) electrons. The van der Waals surface area contributed by atoms with Gasteiger partial charge in [0.15, 0.2) is 0 Å². The second-order valence-electron chi connectivity index (χ2n) is 6.64. The van der Waals surface area contributed by atoms with Crippen LogP contribution in [0.5, 0.6) is 0 Å². The van der Waals surface area contributed by atoms with Crippen molar-refractivity contribution in [2.24, 2.45) is 5.92 Å². The number of carbonyl (C=O) groups is 2. The summed E-state index contributed by atoms with van der Waals surface area (Å²) >= 11 is 0. The molecule has 1 heterocycles. The van der Waals surface area contributed by atoms with Crippen molar-refractivity contribution < 1.29 is 26.4 Å². The zero-order chi connectivity index (χ0) is 21.4. The number of sulfonamides is 2. The summed E-state index contributed by atoms with van der Waals surface area (Å²) in [5.74, 6) is -1.77. The second-order valence-corrected chi connectivity index (χ2v) is 10.2. The van der Waals surface area contributed by atoms with Gasteiger partial charge >= 0.3 is 0 Å². The van der Waals surface area contributed by atoms with E-state index in [1.165, 1.54) is 50.2 Å². The van der Waals surface area contributed by atoms with Crippen LogP contribution in [0.15, 0.2) is 53.4 Å². The molecule has 0 aliphatic carbocycles. The van der Waals surface area contributed by atoms with Crippen molar-refractivity contribution in [3.63, 3.8) is 0 Å². The van der Waals surface area contributed by atoms with Crippen LogP contribution < -0.4 is 14.3 Å². The van der Waals surface area contributed by atoms with Gasteiger partial charge in [0.25, 0.3) is 10.0 Å². The normalized spacial score (nSPS) is 18.5. The van der Waals surface area contributed by atoms with E-state index in [1.807, 2.05) is 0 Å². The van der Waals surface area contributed by atoms with E-state index in [4.69, 9.17) is 0 Å². The number of anilines is 3. The highest BCUT2D eigenvalue weighted by Gasteiger charge is 2.41. The average Bonchev–Trinajstić information content (AvgIpc) is 2.81. The van der Waals surface area contributed by atoms with Crippen LogP contribution in [-0.4, -0.2) is 34.4 Å². The summed E-state index contributed by atoms with van der Waals surface area (Å²) in [5, 5.41) is 2.56. The second kappa shape index (κ2) is 7.48. The van der Waals surface area contributed by atoms with E-state index in [2.05, 4.69) is 10.0 Å². The van der Waals surface area contributed by atoms with Crippen LogP contribution in [0, 0.1) is 5.92 Å². The van der Waals surface area contributed by atoms with Crippen LogP contribution in [0.1, 0.15) is 13.8 Å². The van der Waals surface area contributed by atoms with Crippen molar-refractivity contribution in [3.05, 3.63) is 48.5 Å². The zero-order valence-electron chi connectivity index (χ0n) is 15.6. The molecule has 0 spiro atoms. The van der Waals surface area contributed by atoms with E-state index < -0.39 is 31.9 Å². The van der Waals surface area contributed by atoms with Crippen LogP contribution in [0.2, 0.25) is 0 Å². The SMILES string of the molecule is CC(=O)Nc1cccc(NS(=O)(=O)c2ccc(N3C(=O)[C@@H](C)CS3(=O)=O)cc2)c1. The molecule has 1 atom stereocenters. The maximum Gasteiger partial charge on any atom is 0.261 e. The number of nitrogens with one attached hydrogen (secondary N) is 2. The van der Waals surface area contributed by atoms with Crippen molar-refractivity contribution in [1.29, 1.82) is 0 Å². The van der Waals surface area contributed by atoms with E-state index >= 15 is 0 Å². The Kier molecular flexibility index (Phi) is 5.37. The van der Waals surface area contributed by atoms with Gasteiger partial charge in [-0.15, -0.1) is 0 Å². The fourth-order valence-electron chi connectivity index (χ4n) is 2.93. The standard InChI is InChI=1S/C18H19N3O6S2/c1-12-11-28(24,25)21(18(12)23)16-6-8-17(9-7-16)29(26,27)20-15-5-3-4-14(10-15)19-13(2)22/h3-10,12,20H,11H2,1-2H3,(H,19,22)/t12-/m0/s1. The van der Waals surface area contributed by atoms with Crippen LogP contribution in [0.25, 0.3) is 0 Å². The van der Waals surface area contributed by atoms with Gasteiger partial charge in [-0.3, -0.25) is 14.3 Å². The Hall–Kier alpha value is -2.92. The minimum Gasteiger partial charge on any atom is -0.326 e. The molecular formula is C18H19N3O6S2. The Morgan fingerprint density at radius 2 is 1.72 bits per heavy atom. The van der Waals surface area contributed by atoms with Crippen molar-refractivity contribution in [2.45, 2.75) is 18.7 Å². The Labute approximate surface area is 168 Å². The molecule has 0 saturated carbocycles. The molecule has 2 amide bonds. The minimum absolute atomic E-state index is 0.0888. The summed E-state index contributed by atoms with van der Waals surface area (Å²) in [6, 6.07) is 11.2. The fourth-order valence-corrected chi connectivity index (χ4v) is 5.80. The first-order valence-electron chi connectivity index (χ1n) is 8.57. The molecule has 0 bridgehead atoms. The number of carbonyl (C=O) groups excluding carboxylic acids is 2. The number of hydrogen-bond acceptors (Lipinski definition) is 6. The van der Waals surface area contributed by atoms with Gasteiger partial charge in [0.2, 0.25) is 21.8 Å². The van der Waals surface area contributed by atoms with Crippen LogP contribution in [-0.2, 0) is 29.6 Å². The number of amides is 2. The molecule has 1 aliphatic rings. The first-order chi connectivity index (χ1) is 13.5. The lowest BCUT2D eigenvalue weighted by Crippen LogP contribution is -2.30. The average molecular weight is 437 g/mol. The molecule has 1 aliphatic heterocycles. The molecule has 154 valence electrons. The van der Waals surface area contributed by atoms with Gasteiger partial charge in [0.1, 0.15) is 0 Å². The smallest absolute Gasteiger partial charge is 0.261 e. The third kappa shape index (κ3) is 4.40. The van der Waals surface area contributed by atoms with Gasteiger partial charge in [0.05, 0.1) is 27.9 Å². The van der Waals surface area contributed by atoms with Crippen molar-refractivity contribution in [1.82, 2.24) is 0 Å². The summed E-state index contributed by atoms with van der Waals surface area (Å²) < 4.78 is 52.6. The summed E-state index contributed by atoms with van der Waals surface area (Å²) in [4.78, 5) is 23.2. The fraction of sp³-hybridized carbons (Fsp3) is 0.222. The lowest BCUT2D eigenvalue weighted by atomic mass is 10.2. The van der Waals surface area contributed by atoms with Gasteiger partial charge in [-0.2, -0.15) is 0 Å². The predicted octanol–water partition coefficient (Wildman–Crippen LogP) is 1.76. The topological polar surface area (TPSA) is 130 Å². The van der Waals surface area contributed by atoms with Crippen LogP contribution >= 0.6 is 0 Å². The molecule has 2 aromatic carbocycles. The first-order valence-corrected chi connectivity index (χ1v) is 11.7. The van der Waals surface area contributed by atoms with E-state index in [9.17, 15) is 26.4 Å². The minimum atomic E-state index is -3.97. The van der Waals surface area contributed by atoms with Gasteiger partial charge in [-0.25, -0.2) is 21.1 Å². The molecule has 2 aromatic rings. The molecule has 9 nitrogen and oxygen atoms in total. The molecule has 2 N–H and O–H groups in total. The predicted molar refractivity (Wildman–Crippen MR) is 108 cm³/mol. The summed E-state index contributed by atoms with van der Waals surface area (Å²) in [5.41, 5.74) is 0.761. The Balaban J connectivity index is 1.84. The molecular weight excluding hydrogens is 418 g/mol. The molecule has 0 unspecified atom stereocenters. The summed E-state index contributed by atoms with van der Waals surface area (Å²) in [7, 11) is -7.73. The van der Waals surface area contributed by atoms with Gasteiger partial charge in [0, 0.05) is 12.6 Å². The first kappa shape index (κ1) is 20.8. The summed E-state index contributed by atoms with van der Waals surface area (Å²) in [6.45, 7) is 2.86. The highest BCUT2D eigenvalue weighted by atomic mass is 32.2. The number of hydrogen-bond donors (Lipinski definition) is 2. The molecule has 11 heteroatoms. The largest absolute Gasteiger partial charge is 0.326 e. The van der Waals surface area contributed by atoms with Crippen molar-refractivity contribution in [2.75, 3.05) is 20.1 Å². The molecule has 1 saturated heterocycles. The highest BCUT2D eigenvalue weighted by Crippen LogP contribution is 2.29. The van der Waals surface area contributed by atoms with E-state index in [0.717, 1.165) is 0 Å². The van der Waals surface area contributed by atoms with Crippen LogP contribution in [0.3, 0.4) is 0 Å². The Bertz CT molecular complexity index is 1170. The third-order valence-electron chi connectivity index (χ3n) is 4.18. The van der Waals surface area contributed by atoms with E-state index in [1.54, 1.807) is 12.1 Å². The van der Waals surface area contributed by atoms with Gasteiger partial charge in [-0.05, 0) is 42.5 Å². The molecule has 1 fully saturated rings. The van der Waals surface area contributed by atoms with Gasteiger partial charge < -0.3 is 5.32 Å². The van der Waals surface area contributed by atoms with E-state index in [-0.39, 0.29) is 27.9 Å². The van der Waals surface area contributed by atoms with Crippen molar-refractivity contribution >= 4 is 48.9 Å². The highest BCUT2D eigenvalue weighted by molar-refractivity contribution is 7.94.